The van der Waals surface area contributed by atoms with E-state index < -0.39 is 0 Å². The quantitative estimate of drug-likeness (QED) is 0.280. The van der Waals surface area contributed by atoms with Crippen LogP contribution in [0.4, 0.5) is 0 Å². The monoisotopic (exact) mass is 210 g/mol. The Morgan fingerprint density at radius 2 is 2.00 bits per heavy atom. The number of carbonyl (C=O) groups excluding carboxylic acids is 1. The van der Waals surface area contributed by atoms with Crippen molar-refractivity contribution >= 4 is 5.97 Å². The van der Waals surface area contributed by atoms with Gasteiger partial charge in [0.2, 0.25) is 0 Å². The summed E-state index contributed by atoms with van der Waals surface area (Å²) in [5.74, 6) is -0.365. The molecule has 0 amide bonds. The SMILES string of the molecule is C=CC=CC=CC(=O)OCCOC(C)C. The van der Waals surface area contributed by atoms with Gasteiger partial charge < -0.3 is 9.47 Å². The van der Waals surface area contributed by atoms with Gasteiger partial charge in [0, 0.05) is 6.08 Å². The van der Waals surface area contributed by atoms with Crippen LogP contribution in [0.15, 0.2) is 37.0 Å². The summed E-state index contributed by atoms with van der Waals surface area (Å²) in [6.45, 7) is 8.08. The normalized spacial score (nSPS) is 11.4. The van der Waals surface area contributed by atoms with Crippen LogP contribution in [0.25, 0.3) is 0 Å². The molecule has 0 aliphatic rings. The highest BCUT2D eigenvalue weighted by molar-refractivity contribution is 5.82. The van der Waals surface area contributed by atoms with Crippen molar-refractivity contribution in [1.29, 1.82) is 0 Å². The lowest BCUT2D eigenvalue weighted by atomic mass is 10.4. The number of ether oxygens (including phenoxy) is 2. The molecule has 3 nitrogen and oxygen atoms in total. The van der Waals surface area contributed by atoms with Gasteiger partial charge in [-0.1, -0.05) is 30.9 Å². The first-order chi connectivity index (χ1) is 7.16. The second kappa shape index (κ2) is 9.21. The lowest BCUT2D eigenvalue weighted by Gasteiger charge is -2.06. The number of carbonyl (C=O) groups is 1. The fourth-order valence-corrected chi connectivity index (χ4v) is 0.751. The maximum Gasteiger partial charge on any atom is 0.330 e. The Labute approximate surface area is 91.1 Å². The highest BCUT2D eigenvalue weighted by atomic mass is 16.6. The van der Waals surface area contributed by atoms with Crippen molar-refractivity contribution in [2.45, 2.75) is 20.0 Å². The maximum absolute atomic E-state index is 11.0. The van der Waals surface area contributed by atoms with Crippen LogP contribution in [0.5, 0.6) is 0 Å². The number of hydrogen-bond acceptors (Lipinski definition) is 3. The molecule has 0 aromatic rings. The molecular weight excluding hydrogens is 192 g/mol. The zero-order chi connectivity index (χ0) is 11.5. The molecule has 0 heterocycles. The van der Waals surface area contributed by atoms with E-state index >= 15 is 0 Å². The van der Waals surface area contributed by atoms with Gasteiger partial charge in [-0.05, 0) is 13.8 Å². The minimum Gasteiger partial charge on any atom is -0.460 e. The van der Waals surface area contributed by atoms with E-state index in [1.54, 1.807) is 24.3 Å². The Hall–Kier alpha value is -1.35. The van der Waals surface area contributed by atoms with Crippen LogP contribution in [-0.2, 0) is 14.3 Å². The zero-order valence-electron chi connectivity index (χ0n) is 9.31. The average molecular weight is 210 g/mol. The number of allylic oxidation sites excluding steroid dienone is 4. The smallest absolute Gasteiger partial charge is 0.330 e. The second-order valence-corrected chi connectivity index (χ2v) is 3.07. The number of rotatable bonds is 7. The third-order valence-electron chi connectivity index (χ3n) is 1.37. The predicted octanol–water partition coefficient (Wildman–Crippen LogP) is 2.25. The van der Waals surface area contributed by atoms with Crippen LogP contribution in [0.1, 0.15) is 13.8 Å². The molecule has 15 heavy (non-hydrogen) atoms. The van der Waals surface area contributed by atoms with Crippen molar-refractivity contribution < 1.29 is 14.3 Å². The molecule has 0 fully saturated rings. The molecule has 3 heteroatoms. The van der Waals surface area contributed by atoms with E-state index in [-0.39, 0.29) is 18.7 Å². The Morgan fingerprint density at radius 1 is 1.27 bits per heavy atom. The summed E-state index contributed by atoms with van der Waals surface area (Å²) < 4.78 is 10.1. The molecule has 0 bridgehead atoms. The van der Waals surface area contributed by atoms with Crippen LogP contribution < -0.4 is 0 Å². The summed E-state index contributed by atoms with van der Waals surface area (Å²) >= 11 is 0. The van der Waals surface area contributed by atoms with Crippen molar-refractivity contribution in [1.82, 2.24) is 0 Å². The molecule has 0 aromatic carbocycles. The van der Waals surface area contributed by atoms with E-state index in [1.807, 2.05) is 13.8 Å². The molecule has 0 aromatic heterocycles. The first kappa shape index (κ1) is 13.7. The average Bonchev–Trinajstić information content (AvgIpc) is 2.19. The van der Waals surface area contributed by atoms with Crippen molar-refractivity contribution in [3.63, 3.8) is 0 Å². The van der Waals surface area contributed by atoms with Gasteiger partial charge in [-0.2, -0.15) is 0 Å². The fourth-order valence-electron chi connectivity index (χ4n) is 0.751. The van der Waals surface area contributed by atoms with Crippen molar-refractivity contribution in [2.24, 2.45) is 0 Å². The van der Waals surface area contributed by atoms with Crippen LogP contribution >= 0.6 is 0 Å². The molecule has 0 saturated carbocycles. The van der Waals surface area contributed by atoms with Gasteiger partial charge in [0.1, 0.15) is 6.61 Å². The predicted molar refractivity (Wildman–Crippen MR) is 60.5 cm³/mol. The molecule has 0 aliphatic carbocycles. The molecule has 0 unspecified atom stereocenters. The Balaban J connectivity index is 3.53. The topological polar surface area (TPSA) is 35.5 Å². The van der Waals surface area contributed by atoms with Gasteiger partial charge in [0.25, 0.3) is 0 Å². The lowest BCUT2D eigenvalue weighted by molar-refractivity contribution is -0.139. The lowest BCUT2D eigenvalue weighted by Crippen LogP contribution is -2.11. The summed E-state index contributed by atoms with van der Waals surface area (Å²) in [6, 6.07) is 0. The van der Waals surface area contributed by atoms with E-state index in [0.717, 1.165) is 0 Å². The summed E-state index contributed by atoms with van der Waals surface area (Å²) in [7, 11) is 0. The molecule has 0 N–H and O–H groups in total. The van der Waals surface area contributed by atoms with Crippen LogP contribution in [-0.4, -0.2) is 25.3 Å². The fraction of sp³-hybridized carbons (Fsp3) is 0.417. The largest absolute Gasteiger partial charge is 0.460 e. The Bertz CT molecular complexity index is 239. The zero-order valence-corrected chi connectivity index (χ0v) is 9.31. The minimum atomic E-state index is -0.365. The summed E-state index contributed by atoms with van der Waals surface area (Å²) in [6.07, 6.45) is 8.19. The number of esters is 1. The number of hydrogen-bond donors (Lipinski definition) is 0. The molecule has 0 aliphatic heterocycles. The third kappa shape index (κ3) is 10.6. The van der Waals surface area contributed by atoms with Crippen molar-refractivity contribution in [3.8, 4) is 0 Å². The summed E-state index contributed by atoms with van der Waals surface area (Å²) in [5.41, 5.74) is 0. The maximum atomic E-state index is 11.0. The molecular formula is C12H18O3. The molecule has 0 spiro atoms. The first-order valence-electron chi connectivity index (χ1n) is 4.91. The summed E-state index contributed by atoms with van der Waals surface area (Å²) in [5, 5.41) is 0. The van der Waals surface area contributed by atoms with Gasteiger partial charge in [-0.25, -0.2) is 4.79 Å². The summed E-state index contributed by atoms with van der Waals surface area (Å²) in [4.78, 5) is 11.0. The first-order valence-corrected chi connectivity index (χ1v) is 4.91. The van der Waals surface area contributed by atoms with E-state index in [0.29, 0.717) is 6.61 Å². The van der Waals surface area contributed by atoms with Crippen LogP contribution in [0.2, 0.25) is 0 Å². The highest BCUT2D eigenvalue weighted by Crippen LogP contribution is 1.89. The van der Waals surface area contributed by atoms with Crippen LogP contribution in [0, 0.1) is 0 Å². The molecule has 0 radical (unpaired) electrons. The van der Waals surface area contributed by atoms with Crippen molar-refractivity contribution in [3.05, 3.63) is 37.0 Å². The van der Waals surface area contributed by atoms with E-state index in [4.69, 9.17) is 9.47 Å². The third-order valence-corrected chi connectivity index (χ3v) is 1.37. The van der Waals surface area contributed by atoms with Gasteiger partial charge in [-0.3, -0.25) is 0 Å². The van der Waals surface area contributed by atoms with E-state index in [2.05, 4.69) is 6.58 Å². The van der Waals surface area contributed by atoms with E-state index in [9.17, 15) is 4.79 Å². The van der Waals surface area contributed by atoms with Crippen LogP contribution in [0.3, 0.4) is 0 Å². The van der Waals surface area contributed by atoms with Gasteiger partial charge >= 0.3 is 5.97 Å². The second-order valence-electron chi connectivity index (χ2n) is 3.07. The standard InChI is InChI=1S/C12H18O3/c1-4-5-6-7-8-12(13)15-10-9-14-11(2)3/h4-8,11H,1,9-10H2,2-3H3. The Kier molecular flexibility index (Phi) is 8.39. The van der Waals surface area contributed by atoms with Gasteiger partial charge in [-0.15, -0.1) is 0 Å². The highest BCUT2D eigenvalue weighted by Gasteiger charge is 1.96. The molecule has 0 rings (SSSR count). The van der Waals surface area contributed by atoms with E-state index in [1.165, 1.54) is 6.08 Å². The molecule has 84 valence electrons. The minimum absolute atomic E-state index is 0.162. The molecule has 0 saturated heterocycles. The van der Waals surface area contributed by atoms with Gasteiger partial charge in [0.15, 0.2) is 0 Å². The van der Waals surface area contributed by atoms with Crippen molar-refractivity contribution in [2.75, 3.05) is 13.2 Å². The Morgan fingerprint density at radius 3 is 2.60 bits per heavy atom. The van der Waals surface area contributed by atoms with Gasteiger partial charge in [0.05, 0.1) is 12.7 Å². The molecule has 0 atom stereocenters.